The highest BCUT2D eigenvalue weighted by Gasteiger charge is 2.21. The van der Waals surface area contributed by atoms with Gasteiger partial charge in [-0.1, -0.05) is 12.1 Å². The van der Waals surface area contributed by atoms with Crippen molar-refractivity contribution >= 4 is 21.4 Å². The maximum absolute atomic E-state index is 12.5. The molecule has 0 unspecified atom stereocenters. The van der Waals surface area contributed by atoms with Crippen LogP contribution in [0.25, 0.3) is 0 Å². The Morgan fingerprint density at radius 3 is 2.75 bits per heavy atom. The lowest BCUT2D eigenvalue weighted by atomic mass is 10.2. The summed E-state index contributed by atoms with van der Waals surface area (Å²) in [7, 11) is -1.96. The quantitative estimate of drug-likeness (QED) is 0.912. The first kappa shape index (κ1) is 15.1. The molecule has 108 valence electrons. The van der Waals surface area contributed by atoms with Gasteiger partial charge in [-0.3, -0.25) is 0 Å². The predicted molar refractivity (Wildman–Crippen MR) is 79.8 cm³/mol. The minimum Gasteiger partial charge on any atom is -0.326 e. The number of rotatable bonds is 5. The molecule has 0 aliphatic heterocycles. The van der Waals surface area contributed by atoms with Crippen LogP contribution < -0.4 is 5.73 Å². The van der Waals surface area contributed by atoms with Crippen LogP contribution in [0.3, 0.4) is 0 Å². The average Bonchev–Trinajstić information content (AvgIpc) is 2.84. The Morgan fingerprint density at radius 2 is 2.15 bits per heavy atom. The predicted octanol–water partition coefficient (Wildman–Crippen LogP) is 1.73. The molecule has 2 aromatic rings. The Morgan fingerprint density at radius 1 is 1.40 bits per heavy atom. The Labute approximate surface area is 123 Å². The summed E-state index contributed by atoms with van der Waals surface area (Å²) in [6.45, 7) is 2.48. The van der Waals surface area contributed by atoms with Crippen LogP contribution in [-0.4, -0.2) is 24.8 Å². The average molecular weight is 311 g/mol. The molecule has 0 amide bonds. The molecule has 0 radical (unpaired) electrons. The minimum atomic E-state index is -3.52. The second-order valence-electron chi connectivity index (χ2n) is 4.47. The van der Waals surface area contributed by atoms with Crippen molar-refractivity contribution < 1.29 is 8.42 Å². The van der Waals surface area contributed by atoms with Gasteiger partial charge in [0.2, 0.25) is 10.0 Å². The topological polar surface area (TPSA) is 76.3 Å². The summed E-state index contributed by atoms with van der Waals surface area (Å²) in [6.07, 6.45) is 0. The first-order chi connectivity index (χ1) is 9.43. The monoisotopic (exact) mass is 311 g/mol. The zero-order valence-electron chi connectivity index (χ0n) is 11.4. The van der Waals surface area contributed by atoms with Crippen molar-refractivity contribution in [3.05, 3.63) is 45.9 Å². The maximum atomic E-state index is 12.5. The SMILES string of the molecule is Cc1nc(CN(C)S(=O)(=O)c2cccc(CN)c2)cs1. The van der Waals surface area contributed by atoms with Crippen molar-refractivity contribution in [2.24, 2.45) is 5.73 Å². The van der Waals surface area contributed by atoms with Crippen molar-refractivity contribution in [2.45, 2.75) is 24.9 Å². The van der Waals surface area contributed by atoms with E-state index < -0.39 is 10.0 Å². The van der Waals surface area contributed by atoms with E-state index in [4.69, 9.17) is 5.73 Å². The van der Waals surface area contributed by atoms with Gasteiger partial charge in [0.05, 0.1) is 22.1 Å². The van der Waals surface area contributed by atoms with Gasteiger partial charge >= 0.3 is 0 Å². The van der Waals surface area contributed by atoms with Gasteiger partial charge in [0, 0.05) is 19.0 Å². The van der Waals surface area contributed by atoms with Crippen molar-refractivity contribution in [1.29, 1.82) is 0 Å². The minimum absolute atomic E-state index is 0.259. The van der Waals surface area contributed by atoms with E-state index in [1.807, 2.05) is 18.4 Å². The van der Waals surface area contributed by atoms with Crippen LogP contribution in [-0.2, 0) is 23.1 Å². The summed E-state index contributed by atoms with van der Waals surface area (Å²) >= 11 is 1.51. The molecule has 0 atom stereocenters. The molecule has 2 N–H and O–H groups in total. The summed E-state index contributed by atoms with van der Waals surface area (Å²) in [5.74, 6) is 0. The van der Waals surface area contributed by atoms with Crippen LogP contribution in [0.2, 0.25) is 0 Å². The zero-order chi connectivity index (χ0) is 14.8. The summed E-state index contributed by atoms with van der Waals surface area (Å²) < 4.78 is 26.2. The molecule has 0 saturated heterocycles. The van der Waals surface area contributed by atoms with Crippen molar-refractivity contribution in [3.63, 3.8) is 0 Å². The van der Waals surface area contributed by atoms with Crippen LogP contribution in [0, 0.1) is 6.92 Å². The number of hydrogen-bond donors (Lipinski definition) is 1. The molecule has 7 heteroatoms. The van der Waals surface area contributed by atoms with Crippen molar-refractivity contribution in [3.8, 4) is 0 Å². The first-order valence-corrected chi connectivity index (χ1v) is 8.42. The van der Waals surface area contributed by atoms with E-state index in [0.29, 0.717) is 6.54 Å². The number of hydrogen-bond acceptors (Lipinski definition) is 5. The van der Waals surface area contributed by atoms with Crippen molar-refractivity contribution in [2.75, 3.05) is 7.05 Å². The number of benzene rings is 1. The van der Waals surface area contributed by atoms with Gasteiger partial charge in [0.1, 0.15) is 0 Å². The molecule has 0 aliphatic carbocycles. The van der Waals surface area contributed by atoms with E-state index in [9.17, 15) is 8.42 Å². The van der Waals surface area contributed by atoms with E-state index >= 15 is 0 Å². The third-order valence-electron chi connectivity index (χ3n) is 2.89. The number of aryl methyl sites for hydroxylation is 1. The highest BCUT2D eigenvalue weighted by Crippen LogP contribution is 2.18. The lowest BCUT2D eigenvalue weighted by Gasteiger charge is -2.16. The van der Waals surface area contributed by atoms with Gasteiger partial charge in [0.15, 0.2) is 0 Å². The largest absolute Gasteiger partial charge is 0.326 e. The zero-order valence-corrected chi connectivity index (χ0v) is 13.0. The van der Waals surface area contributed by atoms with Gasteiger partial charge in [-0.05, 0) is 24.6 Å². The summed E-state index contributed by atoms with van der Waals surface area (Å²) in [4.78, 5) is 4.54. The van der Waals surface area contributed by atoms with Gasteiger partial charge in [-0.15, -0.1) is 11.3 Å². The number of nitrogens with zero attached hydrogens (tertiary/aromatic N) is 2. The molecule has 0 spiro atoms. The number of sulfonamides is 1. The van der Waals surface area contributed by atoms with Gasteiger partial charge in [0.25, 0.3) is 0 Å². The van der Waals surface area contributed by atoms with Crippen molar-refractivity contribution in [1.82, 2.24) is 9.29 Å². The Balaban J connectivity index is 2.24. The first-order valence-electron chi connectivity index (χ1n) is 6.10. The summed E-state index contributed by atoms with van der Waals surface area (Å²) in [6, 6.07) is 6.70. The van der Waals surface area contributed by atoms with E-state index in [2.05, 4.69) is 4.98 Å². The van der Waals surface area contributed by atoms with E-state index in [-0.39, 0.29) is 11.4 Å². The van der Waals surface area contributed by atoms with Crippen LogP contribution in [0.15, 0.2) is 34.5 Å². The summed E-state index contributed by atoms with van der Waals surface area (Å²) in [5, 5.41) is 2.80. The fourth-order valence-corrected chi connectivity index (χ4v) is 3.62. The number of nitrogens with two attached hydrogens (primary N) is 1. The third kappa shape index (κ3) is 3.24. The molecule has 0 aliphatic rings. The van der Waals surface area contributed by atoms with Gasteiger partial charge < -0.3 is 5.73 Å². The molecule has 0 bridgehead atoms. The smallest absolute Gasteiger partial charge is 0.243 e. The standard InChI is InChI=1S/C13H17N3O2S2/c1-10-15-12(9-19-10)8-16(2)20(17,18)13-5-3-4-11(6-13)7-14/h3-6,9H,7-8,14H2,1-2H3. The molecule has 2 rings (SSSR count). The molecule has 0 fully saturated rings. The highest BCUT2D eigenvalue weighted by molar-refractivity contribution is 7.89. The Bertz CT molecular complexity index is 695. The molecule has 5 nitrogen and oxygen atoms in total. The Kier molecular flexibility index (Phi) is 4.54. The molecule has 1 aromatic heterocycles. The van der Waals surface area contributed by atoms with Crippen LogP contribution in [0.1, 0.15) is 16.3 Å². The second kappa shape index (κ2) is 6.01. The fourth-order valence-electron chi connectivity index (χ4n) is 1.81. The molecule has 0 saturated carbocycles. The number of aromatic nitrogens is 1. The van der Waals surface area contributed by atoms with Crippen LogP contribution in [0.5, 0.6) is 0 Å². The van der Waals surface area contributed by atoms with Crippen LogP contribution >= 0.6 is 11.3 Å². The fraction of sp³-hybridized carbons (Fsp3) is 0.308. The molecular formula is C13H17N3O2S2. The molecular weight excluding hydrogens is 294 g/mol. The van der Waals surface area contributed by atoms with E-state index in [1.165, 1.54) is 15.6 Å². The third-order valence-corrected chi connectivity index (χ3v) is 5.52. The molecule has 20 heavy (non-hydrogen) atoms. The Hall–Kier alpha value is -1.28. The van der Waals surface area contributed by atoms with Gasteiger partial charge in [-0.2, -0.15) is 4.31 Å². The van der Waals surface area contributed by atoms with E-state index in [1.54, 1.807) is 25.2 Å². The molecule has 1 aromatic carbocycles. The summed E-state index contributed by atoms with van der Waals surface area (Å²) in [5.41, 5.74) is 7.10. The maximum Gasteiger partial charge on any atom is 0.243 e. The van der Waals surface area contributed by atoms with E-state index in [0.717, 1.165) is 16.3 Å². The van der Waals surface area contributed by atoms with Crippen LogP contribution in [0.4, 0.5) is 0 Å². The number of thiazole rings is 1. The lowest BCUT2D eigenvalue weighted by Crippen LogP contribution is -2.26. The molecule has 1 heterocycles. The lowest BCUT2D eigenvalue weighted by molar-refractivity contribution is 0.462. The highest BCUT2D eigenvalue weighted by atomic mass is 32.2. The second-order valence-corrected chi connectivity index (χ2v) is 7.58. The normalized spacial score (nSPS) is 12.0. The van der Waals surface area contributed by atoms with Gasteiger partial charge in [-0.25, -0.2) is 13.4 Å².